The molecule has 0 amide bonds. The van der Waals surface area contributed by atoms with E-state index < -0.39 is 0 Å². The minimum Gasteiger partial charge on any atom is -0.309 e. The molecule has 0 unspecified atom stereocenters. The van der Waals surface area contributed by atoms with Crippen molar-refractivity contribution in [2.75, 3.05) is 0 Å². The van der Waals surface area contributed by atoms with E-state index in [9.17, 15) is 0 Å². The molecule has 0 aliphatic rings. The summed E-state index contributed by atoms with van der Waals surface area (Å²) in [4.78, 5) is 15.8. The van der Waals surface area contributed by atoms with Crippen LogP contribution in [0.25, 0.3) is 111 Å². The van der Waals surface area contributed by atoms with Crippen LogP contribution in [-0.2, 0) is 0 Å². The van der Waals surface area contributed by atoms with E-state index in [0.717, 1.165) is 66.2 Å². The van der Waals surface area contributed by atoms with E-state index in [2.05, 4.69) is 197 Å². The molecule has 5 nitrogen and oxygen atoms in total. The van der Waals surface area contributed by atoms with Gasteiger partial charge in [-0.3, -0.25) is 4.57 Å². The Kier molecular flexibility index (Phi) is 7.78. The zero-order chi connectivity index (χ0) is 39.6. The van der Waals surface area contributed by atoms with E-state index in [1.807, 2.05) is 24.3 Å². The SMILES string of the molecule is c1ccc(-c2ccc(-c3nc(-c4ccccc4)nc(-n4c5ccccc5c5cc6ccccc6c(-c6ccc7c(c6)c6ccccc6n7-c6ccccc6)c54)n3)cc2)cc1. The Labute approximate surface area is 346 Å². The van der Waals surface area contributed by atoms with Gasteiger partial charge in [-0.2, -0.15) is 9.97 Å². The Balaban J connectivity index is 1.15. The van der Waals surface area contributed by atoms with Crippen LogP contribution in [0.15, 0.2) is 212 Å². The predicted octanol–water partition coefficient (Wildman–Crippen LogP) is 13.9. The first-order valence-electron chi connectivity index (χ1n) is 20.3. The van der Waals surface area contributed by atoms with Crippen LogP contribution in [-0.4, -0.2) is 24.1 Å². The van der Waals surface area contributed by atoms with Crippen LogP contribution in [0.5, 0.6) is 0 Å². The van der Waals surface area contributed by atoms with Gasteiger partial charge in [-0.05, 0) is 69.9 Å². The van der Waals surface area contributed by atoms with E-state index in [1.165, 1.54) is 27.2 Å². The molecule has 0 N–H and O–H groups in total. The van der Waals surface area contributed by atoms with Crippen LogP contribution in [0.2, 0.25) is 0 Å². The lowest BCUT2D eigenvalue weighted by atomic mass is 9.94. The summed E-state index contributed by atoms with van der Waals surface area (Å²) in [6, 6.07) is 75.1. The lowest BCUT2D eigenvalue weighted by Crippen LogP contribution is -2.07. The summed E-state index contributed by atoms with van der Waals surface area (Å²) in [5, 5.41) is 7.02. The average Bonchev–Trinajstić information content (AvgIpc) is 3.84. The molecule has 0 saturated carbocycles. The van der Waals surface area contributed by atoms with Gasteiger partial charge < -0.3 is 4.57 Å². The number of rotatable bonds is 6. The minimum atomic E-state index is 0.565. The van der Waals surface area contributed by atoms with Gasteiger partial charge in [0.1, 0.15) is 0 Å². The van der Waals surface area contributed by atoms with Gasteiger partial charge >= 0.3 is 0 Å². The lowest BCUT2D eigenvalue weighted by molar-refractivity contribution is 0.954. The van der Waals surface area contributed by atoms with Gasteiger partial charge in [0.05, 0.1) is 22.1 Å². The molecule has 280 valence electrons. The fourth-order valence-electron chi connectivity index (χ4n) is 9.03. The fraction of sp³-hybridized carbons (Fsp3) is 0. The molecule has 0 bridgehead atoms. The molecular formula is C55H35N5. The maximum absolute atomic E-state index is 5.35. The molecule has 0 aliphatic carbocycles. The lowest BCUT2D eigenvalue weighted by Gasteiger charge is -2.15. The molecule has 5 heteroatoms. The Morgan fingerprint density at radius 1 is 0.300 bits per heavy atom. The van der Waals surface area contributed by atoms with Gasteiger partial charge in [0.25, 0.3) is 0 Å². The summed E-state index contributed by atoms with van der Waals surface area (Å²) in [7, 11) is 0. The molecule has 0 aliphatic heterocycles. The third kappa shape index (κ3) is 5.44. The number of hydrogen-bond acceptors (Lipinski definition) is 3. The van der Waals surface area contributed by atoms with Crippen LogP contribution in [0.3, 0.4) is 0 Å². The molecular weight excluding hydrogens is 731 g/mol. The molecule has 0 fully saturated rings. The Morgan fingerprint density at radius 3 is 1.48 bits per heavy atom. The highest BCUT2D eigenvalue weighted by Crippen LogP contribution is 2.44. The maximum Gasteiger partial charge on any atom is 0.238 e. The van der Waals surface area contributed by atoms with E-state index >= 15 is 0 Å². The summed E-state index contributed by atoms with van der Waals surface area (Å²) >= 11 is 0. The van der Waals surface area contributed by atoms with Crippen molar-refractivity contribution >= 4 is 54.4 Å². The Morgan fingerprint density at radius 2 is 0.783 bits per heavy atom. The Hall–Kier alpha value is -8.15. The van der Waals surface area contributed by atoms with Crippen molar-refractivity contribution in [1.29, 1.82) is 0 Å². The average molecular weight is 766 g/mol. The van der Waals surface area contributed by atoms with Gasteiger partial charge in [-0.1, -0.05) is 170 Å². The van der Waals surface area contributed by atoms with Crippen LogP contribution in [0, 0.1) is 0 Å². The van der Waals surface area contributed by atoms with Crippen molar-refractivity contribution in [3.05, 3.63) is 212 Å². The molecule has 3 aromatic heterocycles. The molecule has 12 rings (SSSR count). The van der Waals surface area contributed by atoms with Gasteiger partial charge in [0, 0.05) is 43.9 Å². The number of para-hydroxylation sites is 3. The zero-order valence-corrected chi connectivity index (χ0v) is 32.4. The van der Waals surface area contributed by atoms with Crippen molar-refractivity contribution in [2.45, 2.75) is 0 Å². The van der Waals surface area contributed by atoms with E-state index in [0.29, 0.717) is 17.6 Å². The summed E-state index contributed by atoms with van der Waals surface area (Å²) < 4.78 is 4.63. The fourth-order valence-corrected chi connectivity index (χ4v) is 9.03. The second kappa shape index (κ2) is 13.8. The molecule has 0 atom stereocenters. The summed E-state index contributed by atoms with van der Waals surface area (Å²) in [5.74, 6) is 1.79. The van der Waals surface area contributed by atoms with Crippen molar-refractivity contribution in [3.63, 3.8) is 0 Å². The number of benzene rings is 9. The highest BCUT2D eigenvalue weighted by atomic mass is 15.2. The maximum atomic E-state index is 5.35. The van der Waals surface area contributed by atoms with Crippen LogP contribution >= 0.6 is 0 Å². The second-order valence-electron chi connectivity index (χ2n) is 15.2. The van der Waals surface area contributed by atoms with Gasteiger partial charge in [-0.15, -0.1) is 0 Å². The van der Waals surface area contributed by atoms with Crippen molar-refractivity contribution < 1.29 is 0 Å². The minimum absolute atomic E-state index is 0.565. The van der Waals surface area contributed by atoms with Crippen LogP contribution in [0.4, 0.5) is 0 Å². The number of nitrogens with zero attached hydrogens (tertiary/aromatic N) is 5. The zero-order valence-electron chi connectivity index (χ0n) is 32.4. The molecule has 9 aromatic carbocycles. The number of aromatic nitrogens is 5. The van der Waals surface area contributed by atoms with Crippen LogP contribution < -0.4 is 0 Å². The summed E-state index contributed by atoms with van der Waals surface area (Å²) in [6.07, 6.45) is 0. The highest BCUT2D eigenvalue weighted by molar-refractivity contribution is 6.22. The van der Waals surface area contributed by atoms with Crippen molar-refractivity contribution in [2.24, 2.45) is 0 Å². The summed E-state index contributed by atoms with van der Waals surface area (Å²) in [5.41, 5.74) is 12.0. The molecule has 0 radical (unpaired) electrons. The van der Waals surface area contributed by atoms with Crippen LogP contribution in [0.1, 0.15) is 0 Å². The first kappa shape index (κ1) is 33.9. The molecule has 0 spiro atoms. The van der Waals surface area contributed by atoms with Gasteiger partial charge in [0.2, 0.25) is 5.95 Å². The molecule has 60 heavy (non-hydrogen) atoms. The monoisotopic (exact) mass is 765 g/mol. The third-order valence-electron chi connectivity index (χ3n) is 11.8. The Bertz CT molecular complexity index is 3570. The van der Waals surface area contributed by atoms with E-state index in [4.69, 9.17) is 15.0 Å². The number of fused-ring (bicyclic) bond motifs is 7. The molecule has 0 saturated heterocycles. The van der Waals surface area contributed by atoms with Gasteiger partial charge in [-0.25, -0.2) is 4.98 Å². The number of hydrogen-bond donors (Lipinski definition) is 0. The van der Waals surface area contributed by atoms with E-state index in [-0.39, 0.29) is 0 Å². The first-order chi connectivity index (χ1) is 29.8. The van der Waals surface area contributed by atoms with Crippen molar-refractivity contribution in [1.82, 2.24) is 24.1 Å². The molecule has 12 aromatic rings. The normalized spacial score (nSPS) is 11.7. The summed E-state index contributed by atoms with van der Waals surface area (Å²) in [6.45, 7) is 0. The topological polar surface area (TPSA) is 48.5 Å². The quantitative estimate of drug-likeness (QED) is 0.169. The highest BCUT2D eigenvalue weighted by Gasteiger charge is 2.23. The van der Waals surface area contributed by atoms with Gasteiger partial charge in [0.15, 0.2) is 11.6 Å². The molecule has 3 heterocycles. The first-order valence-corrected chi connectivity index (χ1v) is 20.3. The van der Waals surface area contributed by atoms with E-state index in [1.54, 1.807) is 0 Å². The largest absolute Gasteiger partial charge is 0.309 e. The second-order valence-corrected chi connectivity index (χ2v) is 15.2. The third-order valence-corrected chi connectivity index (χ3v) is 11.8. The smallest absolute Gasteiger partial charge is 0.238 e. The van der Waals surface area contributed by atoms with Crippen molar-refractivity contribution in [3.8, 4) is 56.7 Å². The predicted molar refractivity (Wildman–Crippen MR) is 248 cm³/mol. The standard InChI is InChI=1S/C55H35N5/c1-4-16-36(17-5-1)37-28-30-39(31-29-37)54-56-53(38-18-6-2-7-19-38)57-55(58-54)60-49-27-15-13-25-45(49)47-34-40-20-10-11-23-43(40)51(52(47)60)41-32-33-50-46(35-41)44-24-12-14-26-48(44)59(50)42-21-8-3-9-22-42/h1-35H.